The number of nitrogens with zero attached hydrogens (tertiary/aromatic N) is 2. The fraction of sp³-hybridized carbons (Fsp3) is 0.318. The average molecular weight is 395 g/mol. The summed E-state index contributed by atoms with van der Waals surface area (Å²) >= 11 is 6.23. The van der Waals surface area contributed by atoms with Crippen LogP contribution in [-0.2, 0) is 16.8 Å². The van der Waals surface area contributed by atoms with Crippen LogP contribution in [0.3, 0.4) is 0 Å². The number of hydrogen-bond donors (Lipinski definition) is 0. The lowest BCUT2D eigenvalue weighted by atomic mass is 9.58. The first-order chi connectivity index (χ1) is 13.5. The maximum absolute atomic E-state index is 13.3. The Morgan fingerprint density at radius 1 is 1.04 bits per heavy atom. The third kappa shape index (κ3) is 2.17. The molecule has 0 bridgehead atoms. The fourth-order valence-electron chi connectivity index (χ4n) is 4.94. The number of carbonyl (C=O) groups excluding carboxylic acids is 3. The number of fused-ring (bicyclic) bond motifs is 3. The highest BCUT2D eigenvalue weighted by Gasteiger charge is 2.59. The van der Waals surface area contributed by atoms with Crippen molar-refractivity contribution in [2.24, 2.45) is 0 Å². The van der Waals surface area contributed by atoms with Gasteiger partial charge in [0.1, 0.15) is 0 Å². The smallest absolute Gasteiger partial charge is 0.261 e. The zero-order valence-electron chi connectivity index (χ0n) is 15.4. The molecule has 3 aliphatic rings. The van der Waals surface area contributed by atoms with E-state index in [4.69, 9.17) is 11.6 Å². The van der Waals surface area contributed by atoms with Gasteiger partial charge in [0, 0.05) is 24.2 Å². The molecular formula is C22H19ClN2O3. The van der Waals surface area contributed by atoms with E-state index in [2.05, 4.69) is 0 Å². The molecule has 2 aliphatic heterocycles. The van der Waals surface area contributed by atoms with Gasteiger partial charge in [-0.05, 0) is 55.2 Å². The quantitative estimate of drug-likeness (QED) is 0.733. The van der Waals surface area contributed by atoms with E-state index in [0.717, 1.165) is 11.1 Å². The van der Waals surface area contributed by atoms with Crippen molar-refractivity contribution in [2.75, 3.05) is 6.54 Å². The third-order valence-corrected chi connectivity index (χ3v) is 6.62. The summed E-state index contributed by atoms with van der Waals surface area (Å²) < 4.78 is 0. The summed E-state index contributed by atoms with van der Waals surface area (Å²) in [5.41, 5.74) is 2.23. The second-order valence-electron chi connectivity index (χ2n) is 7.79. The van der Waals surface area contributed by atoms with Gasteiger partial charge < -0.3 is 4.90 Å². The Morgan fingerprint density at radius 3 is 2.29 bits per heavy atom. The molecule has 142 valence electrons. The van der Waals surface area contributed by atoms with Crippen LogP contribution in [0, 0.1) is 0 Å². The summed E-state index contributed by atoms with van der Waals surface area (Å²) in [5, 5.41) is 0.597. The second-order valence-corrected chi connectivity index (χ2v) is 8.23. The first-order valence-corrected chi connectivity index (χ1v) is 9.89. The number of halogens is 1. The molecule has 1 fully saturated rings. The van der Waals surface area contributed by atoms with Crippen molar-refractivity contribution in [3.63, 3.8) is 0 Å². The van der Waals surface area contributed by atoms with Crippen molar-refractivity contribution in [3.8, 4) is 0 Å². The number of amides is 3. The van der Waals surface area contributed by atoms with Crippen molar-refractivity contribution in [1.82, 2.24) is 9.80 Å². The van der Waals surface area contributed by atoms with Crippen LogP contribution >= 0.6 is 11.6 Å². The molecule has 28 heavy (non-hydrogen) atoms. The fourth-order valence-corrected chi connectivity index (χ4v) is 5.12. The Hall–Kier alpha value is -2.66. The van der Waals surface area contributed by atoms with Crippen molar-refractivity contribution < 1.29 is 14.4 Å². The Labute approximate surface area is 167 Å². The molecule has 5 rings (SSSR count). The van der Waals surface area contributed by atoms with Crippen molar-refractivity contribution in [1.29, 1.82) is 0 Å². The standard InChI is InChI=1S/C22H19ClN2O3/c1-2-24-12-13-7-8-14(23)9-18(13)22(21(24)28)10-15(11-22)25-19(26)16-5-3-4-6-17(16)20(25)27/h3-9,15H,2,10-12H2,1H3. The zero-order valence-corrected chi connectivity index (χ0v) is 16.2. The molecule has 5 nitrogen and oxygen atoms in total. The molecule has 2 aromatic carbocycles. The molecule has 0 N–H and O–H groups in total. The molecule has 3 amide bonds. The Bertz CT molecular complexity index is 1010. The molecule has 2 heterocycles. The SMILES string of the molecule is CCN1Cc2ccc(Cl)cc2C2(CC(N3C(=O)c4ccccc4C3=O)C2)C1=O. The van der Waals surface area contributed by atoms with E-state index in [1.165, 1.54) is 4.90 Å². The predicted octanol–water partition coefficient (Wildman–Crippen LogP) is 3.40. The Balaban J connectivity index is 1.50. The minimum atomic E-state index is -0.700. The van der Waals surface area contributed by atoms with Gasteiger partial charge in [-0.1, -0.05) is 29.8 Å². The number of likely N-dealkylation sites (N-methyl/N-ethyl adjacent to an activating group) is 1. The minimum absolute atomic E-state index is 0.0672. The highest BCUT2D eigenvalue weighted by atomic mass is 35.5. The largest absolute Gasteiger partial charge is 0.338 e. The van der Waals surface area contributed by atoms with Crippen LogP contribution in [0.5, 0.6) is 0 Å². The van der Waals surface area contributed by atoms with Crippen LogP contribution in [0.2, 0.25) is 5.02 Å². The summed E-state index contributed by atoms with van der Waals surface area (Å²) in [6, 6.07) is 12.3. The van der Waals surface area contributed by atoms with E-state index in [-0.39, 0.29) is 23.8 Å². The minimum Gasteiger partial charge on any atom is -0.338 e. The monoisotopic (exact) mass is 394 g/mol. The van der Waals surface area contributed by atoms with Gasteiger partial charge in [-0.2, -0.15) is 0 Å². The number of imide groups is 1. The summed E-state index contributed by atoms with van der Waals surface area (Å²) in [6.45, 7) is 3.16. The number of carbonyl (C=O) groups is 3. The zero-order chi connectivity index (χ0) is 19.6. The summed E-state index contributed by atoms with van der Waals surface area (Å²) in [4.78, 5) is 42.1. The molecular weight excluding hydrogens is 376 g/mol. The lowest BCUT2D eigenvalue weighted by molar-refractivity contribution is -0.145. The predicted molar refractivity (Wildman–Crippen MR) is 104 cm³/mol. The Kier molecular flexibility index (Phi) is 3.68. The van der Waals surface area contributed by atoms with Gasteiger partial charge in [-0.25, -0.2) is 0 Å². The molecule has 0 radical (unpaired) electrons. The first kappa shape index (κ1) is 17.4. The highest BCUT2D eigenvalue weighted by Crippen LogP contribution is 2.52. The maximum Gasteiger partial charge on any atom is 0.261 e. The van der Waals surface area contributed by atoms with Crippen molar-refractivity contribution >= 4 is 29.3 Å². The van der Waals surface area contributed by atoms with Crippen LogP contribution < -0.4 is 0 Å². The number of benzene rings is 2. The average Bonchev–Trinajstić information content (AvgIpc) is 2.91. The molecule has 0 atom stereocenters. The van der Waals surface area contributed by atoms with E-state index in [9.17, 15) is 14.4 Å². The topological polar surface area (TPSA) is 57.7 Å². The van der Waals surface area contributed by atoms with Gasteiger partial charge in [0.25, 0.3) is 11.8 Å². The molecule has 0 aromatic heterocycles. The molecule has 1 aliphatic carbocycles. The second kappa shape index (κ2) is 5.92. The highest BCUT2D eigenvalue weighted by molar-refractivity contribution is 6.30. The van der Waals surface area contributed by atoms with Crippen LogP contribution in [0.25, 0.3) is 0 Å². The van der Waals surface area contributed by atoms with E-state index in [1.54, 1.807) is 24.3 Å². The maximum atomic E-state index is 13.3. The number of rotatable bonds is 2. The van der Waals surface area contributed by atoms with Gasteiger partial charge in [-0.15, -0.1) is 0 Å². The molecule has 0 saturated heterocycles. The van der Waals surface area contributed by atoms with Crippen LogP contribution in [0.1, 0.15) is 51.6 Å². The van der Waals surface area contributed by atoms with Gasteiger partial charge in [0.05, 0.1) is 16.5 Å². The van der Waals surface area contributed by atoms with E-state index in [0.29, 0.717) is 42.1 Å². The van der Waals surface area contributed by atoms with E-state index >= 15 is 0 Å². The van der Waals surface area contributed by atoms with Gasteiger partial charge in [0.15, 0.2) is 0 Å². The van der Waals surface area contributed by atoms with Crippen LogP contribution in [0.4, 0.5) is 0 Å². The molecule has 2 aromatic rings. The van der Waals surface area contributed by atoms with Crippen LogP contribution in [0.15, 0.2) is 42.5 Å². The lowest BCUT2D eigenvalue weighted by Gasteiger charge is -2.53. The third-order valence-electron chi connectivity index (χ3n) is 6.39. The van der Waals surface area contributed by atoms with Gasteiger partial charge in [0.2, 0.25) is 5.91 Å². The molecule has 1 spiro atoms. The summed E-state index contributed by atoms with van der Waals surface area (Å²) in [5.74, 6) is -0.456. The van der Waals surface area contributed by atoms with Gasteiger partial charge in [-0.3, -0.25) is 19.3 Å². The van der Waals surface area contributed by atoms with E-state index in [1.807, 2.05) is 30.0 Å². The van der Waals surface area contributed by atoms with E-state index < -0.39 is 5.41 Å². The molecule has 1 saturated carbocycles. The number of hydrogen-bond acceptors (Lipinski definition) is 3. The molecule has 0 unspecified atom stereocenters. The van der Waals surface area contributed by atoms with Crippen LogP contribution in [-0.4, -0.2) is 40.1 Å². The van der Waals surface area contributed by atoms with Gasteiger partial charge >= 0.3 is 0 Å². The Morgan fingerprint density at radius 2 is 1.68 bits per heavy atom. The van der Waals surface area contributed by atoms with Crippen molar-refractivity contribution in [3.05, 3.63) is 69.7 Å². The normalized spacial score (nSPS) is 25.8. The lowest BCUT2D eigenvalue weighted by Crippen LogP contribution is -2.63. The van der Waals surface area contributed by atoms with Crippen molar-refractivity contribution in [2.45, 2.75) is 37.8 Å². The first-order valence-electron chi connectivity index (χ1n) is 9.51. The molecule has 6 heteroatoms. The summed E-state index contributed by atoms with van der Waals surface area (Å²) in [6.07, 6.45) is 0.891. The summed E-state index contributed by atoms with van der Waals surface area (Å²) in [7, 11) is 0.